The van der Waals surface area contributed by atoms with Crippen molar-refractivity contribution >= 4 is 11.7 Å². The fraction of sp³-hybridized carbons (Fsp3) is 0.333. The van der Waals surface area contributed by atoms with Crippen LogP contribution in [-0.4, -0.2) is 20.8 Å². The van der Waals surface area contributed by atoms with Crippen LogP contribution in [-0.2, 0) is 4.79 Å². The van der Waals surface area contributed by atoms with Gasteiger partial charge < -0.3 is 10.4 Å². The second kappa shape index (κ2) is 4.67. The van der Waals surface area contributed by atoms with E-state index in [1.807, 2.05) is 36.9 Å². The van der Waals surface area contributed by atoms with Crippen LogP contribution in [0.5, 0.6) is 5.75 Å². The Morgan fingerprint density at radius 2 is 2.05 bits per heavy atom. The van der Waals surface area contributed by atoms with E-state index >= 15 is 0 Å². The summed E-state index contributed by atoms with van der Waals surface area (Å²) in [7, 11) is 0. The zero-order chi connectivity index (χ0) is 14.3. The molecule has 0 aliphatic carbocycles. The summed E-state index contributed by atoms with van der Waals surface area (Å²) in [6.45, 7) is 4.06. The van der Waals surface area contributed by atoms with E-state index < -0.39 is 0 Å². The van der Waals surface area contributed by atoms with Gasteiger partial charge in [0.1, 0.15) is 11.6 Å². The molecule has 0 saturated carbocycles. The first kappa shape index (κ1) is 12.7. The predicted molar refractivity (Wildman–Crippen MR) is 75.8 cm³/mol. The average Bonchev–Trinajstić information content (AvgIpc) is 2.82. The number of carbonyl (C=O) groups is 1. The molecule has 1 aromatic heterocycles. The number of benzene rings is 1. The summed E-state index contributed by atoms with van der Waals surface area (Å²) >= 11 is 0. The number of rotatable bonds is 2. The van der Waals surface area contributed by atoms with Crippen molar-refractivity contribution in [1.29, 1.82) is 0 Å². The second-order valence-electron chi connectivity index (χ2n) is 5.38. The molecular weight excluding hydrogens is 254 g/mol. The molecular formula is C15H17N3O2. The van der Waals surface area contributed by atoms with Crippen LogP contribution in [0.25, 0.3) is 0 Å². The van der Waals surface area contributed by atoms with Gasteiger partial charge in [-0.2, -0.15) is 5.10 Å². The number of carbonyl (C=O) groups excluding carboxylic acids is 1. The number of aromatic hydroxyl groups is 1. The third kappa shape index (κ3) is 2.05. The Morgan fingerprint density at radius 3 is 2.70 bits per heavy atom. The number of phenolic OH excluding ortho intramolecular Hbond substituents is 1. The van der Waals surface area contributed by atoms with E-state index in [-0.39, 0.29) is 23.6 Å². The van der Waals surface area contributed by atoms with E-state index in [2.05, 4.69) is 10.4 Å². The summed E-state index contributed by atoms with van der Waals surface area (Å²) in [5, 5.41) is 16.7. The molecule has 1 unspecified atom stereocenters. The molecule has 0 fully saturated rings. The van der Waals surface area contributed by atoms with Crippen molar-refractivity contribution in [3.8, 4) is 5.75 Å². The van der Waals surface area contributed by atoms with Crippen LogP contribution in [0.2, 0.25) is 0 Å². The Bertz CT molecular complexity index is 644. The number of hydrogen-bond donors (Lipinski definition) is 2. The lowest BCUT2D eigenvalue weighted by molar-refractivity contribution is -0.116. The Morgan fingerprint density at radius 1 is 1.35 bits per heavy atom. The maximum absolute atomic E-state index is 11.9. The van der Waals surface area contributed by atoms with E-state index in [1.54, 1.807) is 12.1 Å². The standard InChI is InChI=1S/C15H17N3O2/c1-9(2)18-15-13(8-16-18)12(7-14(20)17-15)10-3-5-11(19)6-4-10/h3-6,8-9,12,19H,7H2,1-2H3,(H,17,20). The molecule has 1 aromatic carbocycles. The van der Waals surface area contributed by atoms with E-state index in [9.17, 15) is 9.90 Å². The summed E-state index contributed by atoms with van der Waals surface area (Å²) in [5.41, 5.74) is 2.05. The lowest BCUT2D eigenvalue weighted by Gasteiger charge is -2.24. The Kier molecular flexibility index (Phi) is 2.97. The first-order chi connectivity index (χ1) is 9.56. The minimum atomic E-state index is -0.00755. The van der Waals surface area contributed by atoms with Crippen molar-refractivity contribution < 1.29 is 9.90 Å². The molecule has 0 radical (unpaired) electrons. The zero-order valence-corrected chi connectivity index (χ0v) is 11.5. The van der Waals surface area contributed by atoms with Gasteiger partial charge in [0.2, 0.25) is 5.91 Å². The Balaban J connectivity index is 2.06. The molecule has 0 saturated heterocycles. The minimum Gasteiger partial charge on any atom is -0.508 e. The molecule has 2 N–H and O–H groups in total. The van der Waals surface area contributed by atoms with Gasteiger partial charge in [-0.3, -0.25) is 4.79 Å². The Labute approximate surface area is 117 Å². The van der Waals surface area contributed by atoms with E-state index in [0.29, 0.717) is 6.42 Å². The zero-order valence-electron chi connectivity index (χ0n) is 11.5. The number of anilines is 1. The predicted octanol–water partition coefficient (Wildman–Crippen LogP) is 2.64. The van der Waals surface area contributed by atoms with Crippen molar-refractivity contribution in [2.24, 2.45) is 0 Å². The van der Waals surface area contributed by atoms with Crippen LogP contribution in [0.15, 0.2) is 30.5 Å². The van der Waals surface area contributed by atoms with Crippen LogP contribution < -0.4 is 5.32 Å². The van der Waals surface area contributed by atoms with Gasteiger partial charge in [-0.15, -0.1) is 0 Å². The van der Waals surface area contributed by atoms with Crippen LogP contribution >= 0.6 is 0 Å². The lowest BCUT2D eigenvalue weighted by atomic mass is 9.87. The molecule has 1 atom stereocenters. The van der Waals surface area contributed by atoms with Gasteiger partial charge in [0.15, 0.2) is 0 Å². The highest BCUT2D eigenvalue weighted by atomic mass is 16.3. The molecule has 1 amide bonds. The smallest absolute Gasteiger partial charge is 0.226 e. The summed E-state index contributed by atoms with van der Waals surface area (Å²) < 4.78 is 1.83. The molecule has 0 bridgehead atoms. The monoisotopic (exact) mass is 271 g/mol. The third-order valence-corrected chi connectivity index (χ3v) is 3.63. The van der Waals surface area contributed by atoms with Gasteiger partial charge in [0, 0.05) is 23.9 Å². The quantitative estimate of drug-likeness (QED) is 0.882. The molecule has 20 heavy (non-hydrogen) atoms. The van der Waals surface area contributed by atoms with Crippen LogP contribution in [0.4, 0.5) is 5.82 Å². The Hall–Kier alpha value is -2.30. The normalized spacial score (nSPS) is 17.9. The van der Waals surface area contributed by atoms with Crippen molar-refractivity contribution in [1.82, 2.24) is 9.78 Å². The van der Waals surface area contributed by atoms with Gasteiger partial charge in [-0.25, -0.2) is 4.68 Å². The van der Waals surface area contributed by atoms with Gasteiger partial charge in [-0.05, 0) is 31.5 Å². The number of nitrogens with one attached hydrogen (secondary N) is 1. The number of phenols is 1. The largest absolute Gasteiger partial charge is 0.508 e. The minimum absolute atomic E-state index is 0.00188. The molecule has 5 heteroatoms. The molecule has 2 aromatic rings. The highest BCUT2D eigenvalue weighted by Crippen LogP contribution is 2.38. The van der Waals surface area contributed by atoms with Crippen molar-refractivity contribution in [3.63, 3.8) is 0 Å². The second-order valence-corrected chi connectivity index (χ2v) is 5.38. The lowest BCUT2D eigenvalue weighted by Crippen LogP contribution is -2.25. The van der Waals surface area contributed by atoms with Gasteiger partial charge in [0.25, 0.3) is 0 Å². The van der Waals surface area contributed by atoms with E-state index in [4.69, 9.17) is 0 Å². The first-order valence-electron chi connectivity index (χ1n) is 6.72. The SMILES string of the molecule is CC(C)n1ncc2c1NC(=O)CC2c1ccc(O)cc1. The van der Waals surface area contributed by atoms with Gasteiger partial charge >= 0.3 is 0 Å². The third-order valence-electron chi connectivity index (χ3n) is 3.63. The summed E-state index contributed by atoms with van der Waals surface area (Å²) in [4.78, 5) is 11.9. The number of hydrogen-bond acceptors (Lipinski definition) is 3. The number of nitrogens with zero attached hydrogens (tertiary/aromatic N) is 2. The first-order valence-corrected chi connectivity index (χ1v) is 6.72. The highest BCUT2D eigenvalue weighted by Gasteiger charge is 2.30. The molecule has 104 valence electrons. The number of fused-ring (bicyclic) bond motifs is 1. The van der Waals surface area contributed by atoms with Gasteiger partial charge in [0.05, 0.1) is 6.20 Å². The van der Waals surface area contributed by atoms with Crippen molar-refractivity contribution in [2.45, 2.75) is 32.2 Å². The summed E-state index contributed by atoms with van der Waals surface area (Å²) in [6.07, 6.45) is 2.23. The topological polar surface area (TPSA) is 67.2 Å². The van der Waals surface area contributed by atoms with E-state index in [1.165, 1.54) is 0 Å². The van der Waals surface area contributed by atoms with Crippen LogP contribution in [0.1, 0.15) is 43.4 Å². The average molecular weight is 271 g/mol. The fourth-order valence-electron chi connectivity index (χ4n) is 2.63. The van der Waals surface area contributed by atoms with Crippen LogP contribution in [0, 0.1) is 0 Å². The maximum atomic E-state index is 11.9. The highest BCUT2D eigenvalue weighted by molar-refractivity contribution is 5.94. The van der Waals surface area contributed by atoms with E-state index in [0.717, 1.165) is 16.9 Å². The summed E-state index contributed by atoms with van der Waals surface area (Å²) in [5.74, 6) is 1.01. The molecule has 2 heterocycles. The molecule has 5 nitrogen and oxygen atoms in total. The number of aromatic nitrogens is 2. The molecule has 3 rings (SSSR count). The molecule has 1 aliphatic rings. The van der Waals surface area contributed by atoms with Crippen molar-refractivity contribution in [2.75, 3.05) is 5.32 Å². The molecule has 0 spiro atoms. The summed E-state index contributed by atoms with van der Waals surface area (Å²) in [6, 6.07) is 7.20. The van der Waals surface area contributed by atoms with Crippen LogP contribution in [0.3, 0.4) is 0 Å². The molecule has 1 aliphatic heterocycles. The van der Waals surface area contributed by atoms with Crippen molar-refractivity contribution in [3.05, 3.63) is 41.6 Å². The maximum Gasteiger partial charge on any atom is 0.226 e. The fourth-order valence-corrected chi connectivity index (χ4v) is 2.63. The number of amides is 1. The van der Waals surface area contributed by atoms with Gasteiger partial charge in [-0.1, -0.05) is 12.1 Å².